The van der Waals surface area contributed by atoms with E-state index in [0.29, 0.717) is 5.56 Å². The number of benzene rings is 1. The van der Waals surface area contributed by atoms with Crippen LogP contribution in [-0.4, -0.2) is 16.4 Å². The molecule has 0 aliphatic carbocycles. The quantitative estimate of drug-likeness (QED) is 0.644. The first kappa shape index (κ1) is 11.8. The van der Waals surface area contributed by atoms with Crippen LogP contribution in [0.15, 0.2) is 24.3 Å². The van der Waals surface area contributed by atoms with Gasteiger partial charge in [-0.15, -0.1) is 0 Å². The molecule has 3 atom stereocenters. The summed E-state index contributed by atoms with van der Waals surface area (Å²) in [5, 5.41) is 24.2. The van der Waals surface area contributed by atoms with Crippen molar-refractivity contribution < 1.29 is 9.50 Å². The molecule has 17 heavy (non-hydrogen) atoms. The third-order valence-corrected chi connectivity index (χ3v) is 2.89. The largest absolute Gasteiger partial charge is 0.372 e. The van der Waals surface area contributed by atoms with Gasteiger partial charge >= 0.3 is 0 Å². The fraction of sp³-hybridized carbons (Fsp3) is 0.273. The molecule has 1 aliphatic heterocycles. The number of thiocarbonyl (C=S) groups is 1. The Morgan fingerprint density at radius 2 is 2.06 bits per heavy atom. The highest BCUT2D eigenvalue weighted by Gasteiger charge is 2.36. The molecule has 4 nitrogen and oxygen atoms in total. The highest BCUT2D eigenvalue weighted by Crippen LogP contribution is 2.28. The van der Waals surface area contributed by atoms with Crippen LogP contribution in [0, 0.1) is 23.1 Å². The van der Waals surface area contributed by atoms with Gasteiger partial charge in [-0.25, -0.2) is 4.39 Å². The molecule has 1 heterocycles. The maximum atomic E-state index is 13.6. The summed E-state index contributed by atoms with van der Waals surface area (Å²) >= 11 is 4.89. The minimum absolute atomic E-state index is 0.206. The zero-order valence-corrected chi connectivity index (χ0v) is 9.54. The highest BCUT2D eigenvalue weighted by atomic mass is 32.1. The predicted molar refractivity (Wildman–Crippen MR) is 63.1 cm³/mol. The first-order chi connectivity index (χ1) is 8.13. The summed E-state index contributed by atoms with van der Waals surface area (Å²) in [7, 11) is 0. The lowest BCUT2D eigenvalue weighted by Gasteiger charge is -2.34. The van der Waals surface area contributed by atoms with Crippen LogP contribution >= 0.6 is 12.2 Å². The van der Waals surface area contributed by atoms with E-state index in [1.165, 1.54) is 6.07 Å². The Balaban J connectivity index is 2.39. The fourth-order valence-corrected chi connectivity index (χ4v) is 2.07. The van der Waals surface area contributed by atoms with Gasteiger partial charge in [0, 0.05) is 5.56 Å². The molecule has 2 rings (SSSR count). The van der Waals surface area contributed by atoms with E-state index < -0.39 is 24.0 Å². The Kier molecular flexibility index (Phi) is 3.22. The molecule has 1 aromatic carbocycles. The topological polar surface area (TPSA) is 68.1 Å². The van der Waals surface area contributed by atoms with Gasteiger partial charge in [-0.1, -0.05) is 18.2 Å². The van der Waals surface area contributed by atoms with Crippen LogP contribution in [0.1, 0.15) is 11.6 Å². The molecule has 0 spiro atoms. The van der Waals surface area contributed by atoms with Gasteiger partial charge < -0.3 is 15.7 Å². The Morgan fingerprint density at radius 3 is 2.71 bits per heavy atom. The van der Waals surface area contributed by atoms with Crippen LogP contribution in [0.3, 0.4) is 0 Å². The third kappa shape index (κ3) is 2.20. The van der Waals surface area contributed by atoms with E-state index in [2.05, 4.69) is 10.6 Å². The Bertz CT molecular complexity index is 488. The fourth-order valence-electron chi connectivity index (χ4n) is 1.82. The normalized spacial score (nSPS) is 27.8. The summed E-state index contributed by atoms with van der Waals surface area (Å²) in [4.78, 5) is 0. The maximum Gasteiger partial charge on any atom is 0.168 e. The molecule has 1 aromatic rings. The van der Waals surface area contributed by atoms with Crippen LogP contribution < -0.4 is 10.6 Å². The number of nitrogens with one attached hydrogen (secondary N) is 2. The lowest BCUT2D eigenvalue weighted by atomic mass is 9.91. The van der Waals surface area contributed by atoms with E-state index in [-0.39, 0.29) is 5.11 Å². The Labute approximate surface area is 103 Å². The van der Waals surface area contributed by atoms with Crippen molar-refractivity contribution in [2.45, 2.75) is 12.3 Å². The van der Waals surface area contributed by atoms with Gasteiger partial charge in [0.25, 0.3) is 0 Å². The minimum Gasteiger partial charge on any atom is -0.372 e. The third-order valence-electron chi connectivity index (χ3n) is 2.65. The second-order valence-corrected chi connectivity index (χ2v) is 4.12. The smallest absolute Gasteiger partial charge is 0.168 e. The van der Waals surface area contributed by atoms with Crippen molar-refractivity contribution >= 4 is 17.3 Å². The lowest BCUT2D eigenvalue weighted by molar-refractivity contribution is 0.0888. The Morgan fingerprint density at radius 1 is 1.35 bits per heavy atom. The molecule has 0 radical (unpaired) electrons. The van der Waals surface area contributed by atoms with E-state index in [0.717, 1.165) is 0 Å². The van der Waals surface area contributed by atoms with Crippen LogP contribution in [-0.2, 0) is 0 Å². The standard InChI is InChI=1S/C11H10FN3OS/c12-8-4-2-1-3-6(8)9-7(5-13)10(16)15-11(17)14-9/h1-4,7,9-10,16H,(H2,14,15,17). The first-order valence-electron chi connectivity index (χ1n) is 5.02. The van der Waals surface area contributed by atoms with Crippen LogP contribution in [0.2, 0.25) is 0 Å². The van der Waals surface area contributed by atoms with Gasteiger partial charge in [0.1, 0.15) is 18.0 Å². The summed E-state index contributed by atoms with van der Waals surface area (Å²) in [6.07, 6.45) is -1.10. The summed E-state index contributed by atoms with van der Waals surface area (Å²) in [5.41, 5.74) is 0.321. The van der Waals surface area contributed by atoms with Gasteiger partial charge in [-0.05, 0) is 18.3 Å². The van der Waals surface area contributed by atoms with Gasteiger partial charge in [-0.3, -0.25) is 0 Å². The number of nitrogens with zero attached hydrogens (tertiary/aromatic N) is 1. The minimum atomic E-state index is -1.10. The van der Waals surface area contributed by atoms with E-state index in [9.17, 15) is 9.50 Å². The van der Waals surface area contributed by atoms with Gasteiger partial charge in [-0.2, -0.15) is 5.26 Å². The second kappa shape index (κ2) is 4.65. The van der Waals surface area contributed by atoms with E-state index in [4.69, 9.17) is 17.5 Å². The number of aliphatic hydroxyl groups is 1. The van der Waals surface area contributed by atoms with E-state index in [1.807, 2.05) is 6.07 Å². The highest BCUT2D eigenvalue weighted by molar-refractivity contribution is 7.80. The molecule has 88 valence electrons. The maximum absolute atomic E-state index is 13.6. The summed E-state index contributed by atoms with van der Waals surface area (Å²) in [6, 6.07) is 7.41. The molecule has 0 aromatic heterocycles. The van der Waals surface area contributed by atoms with Crippen molar-refractivity contribution in [3.63, 3.8) is 0 Å². The summed E-state index contributed by atoms with van der Waals surface area (Å²) in [6.45, 7) is 0. The van der Waals surface area contributed by atoms with Crippen molar-refractivity contribution in [2.75, 3.05) is 0 Å². The number of halogens is 1. The van der Waals surface area contributed by atoms with Crippen molar-refractivity contribution in [1.29, 1.82) is 5.26 Å². The van der Waals surface area contributed by atoms with E-state index >= 15 is 0 Å². The number of rotatable bonds is 1. The van der Waals surface area contributed by atoms with Gasteiger partial charge in [0.05, 0.1) is 12.1 Å². The van der Waals surface area contributed by atoms with Gasteiger partial charge in [0.15, 0.2) is 5.11 Å². The second-order valence-electron chi connectivity index (χ2n) is 3.72. The molecule has 1 saturated heterocycles. The zero-order valence-electron chi connectivity index (χ0n) is 8.72. The predicted octanol–water partition coefficient (Wildman–Crippen LogP) is 0.803. The van der Waals surface area contributed by atoms with Crippen molar-refractivity contribution in [1.82, 2.24) is 10.6 Å². The van der Waals surface area contributed by atoms with Crippen LogP contribution in [0.5, 0.6) is 0 Å². The number of hydrogen-bond acceptors (Lipinski definition) is 3. The van der Waals surface area contributed by atoms with Crippen LogP contribution in [0.25, 0.3) is 0 Å². The zero-order chi connectivity index (χ0) is 12.4. The molecule has 1 fully saturated rings. The number of nitriles is 1. The first-order valence-corrected chi connectivity index (χ1v) is 5.43. The molecule has 0 bridgehead atoms. The summed E-state index contributed by atoms with van der Waals surface area (Å²) < 4.78 is 13.6. The average Bonchev–Trinajstić information content (AvgIpc) is 2.28. The summed E-state index contributed by atoms with van der Waals surface area (Å²) in [5.74, 6) is -1.24. The molecular weight excluding hydrogens is 241 g/mol. The van der Waals surface area contributed by atoms with Gasteiger partial charge in [0.2, 0.25) is 0 Å². The van der Waals surface area contributed by atoms with Crippen LogP contribution in [0.4, 0.5) is 4.39 Å². The number of hydrogen-bond donors (Lipinski definition) is 3. The molecule has 3 unspecified atom stereocenters. The molecule has 0 amide bonds. The van der Waals surface area contributed by atoms with Crippen molar-refractivity contribution in [2.24, 2.45) is 5.92 Å². The van der Waals surface area contributed by atoms with Crippen molar-refractivity contribution in [3.8, 4) is 6.07 Å². The SMILES string of the molecule is N#CC1C(O)NC(=S)NC1c1ccccc1F. The van der Waals surface area contributed by atoms with Crippen molar-refractivity contribution in [3.05, 3.63) is 35.6 Å². The molecule has 6 heteroatoms. The monoisotopic (exact) mass is 251 g/mol. The average molecular weight is 251 g/mol. The van der Waals surface area contributed by atoms with E-state index in [1.54, 1.807) is 18.2 Å². The molecular formula is C11H10FN3OS. The molecule has 3 N–H and O–H groups in total. The number of aliphatic hydroxyl groups excluding tert-OH is 1. The molecule has 1 aliphatic rings. The Hall–Kier alpha value is -1.71. The lowest BCUT2D eigenvalue weighted by Crippen LogP contribution is -2.56. The molecule has 0 saturated carbocycles.